The predicted octanol–water partition coefficient (Wildman–Crippen LogP) is 4.47. The number of hydrogen-bond acceptors (Lipinski definition) is 1. The SMILES string of the molecule is CN(C)Cc1cccc2ccc3c(c12)Cc1ccccc1-3. The van der Waals surface area contributed by atoms with E-state index in [-0.39, 0.29) is 0 Å². The Morgan fingerprint density at radius 1 is 0.857 bits per heavy atom. The standard InChI is InChI=1S/C20H19N/c1-21(2)13-16-8-5-7-14-10-11-18-17-9-4-3-6-15(17)12-19(18)20(14)16/h3-11H,12-13H2,1-2H3. The van der Waals surface area contributed by atoms with Crippen molar-refractivity contribution in [1.29, 1.82) is 0 Å². The van der Waals surface area contributed by atoms with Crippen LogP contribution in [0.3, 0.4) is 0 Å². The van der Waals surface area contributed by atoms with Crippen LogP contribution in [-0.4, -0.2) is 19.0 Å². The first kappa shape index (κ1) is 12.6. The Kier molecular flexibility index (Phi) is 2.83. The molecule has 0 spiro atoms. The van der Waals surface area contributed by atoms with Crippen LogP contribution < -0.4 is 0 Å². The van der Waals surface area contributed by atoms with Gasteiger partial charge < -0.3 is 4.90 Å². The molecule has 1 aliphatic rings. The van der Waals surface area contributed by atoms with Gasteiger partial charge in [-0.15, -0.1) is 0 Å². The second-order valence-electron chi connectivity index (χ2n) is 6.18. The first-order chi connectivity index (χ1) is 10.2. The van der Waals surface area contributed by atoms with Gasteiger partial charge in [0, 0.05) is 6.54 Å². The second-order valence-corrected chi connectivity index (χ2v) is 6.18. The minimum Gasteiger partial charge on any atom is -0.305 e. The summed E-state index contributed by atoms with van der Waals surface area (Å²) in [6.45, 7) is 0.990. The highest BCUT2D eigenvalue weighted by Crippen LogP contribution is 2.41. The molecule has 1 heteroatoms. The van der Waals surface area contributed by atoms with Crippen molar-refractivity contribution in [1.82, 2.24) is 4.90 Å². The second kappa shape index (κ2) is 4.71. The summed E-state index contributed by atoms with van der Waals surface area (Å²) in [5, 5.41) is 2.82. The molecule has 0 radical (unpaired) electrons. The van der Waals surface area contributed by atoms with Crippen LogP contribution in [0.1, 0.15) is 16.7 Å². The topological polar surface area (TPSA) is 3.24 Å². The lowest BCUT2D eigenvalue weighted by Crippen LogP contribution is -2.11. The van der Waals surface area contributed by atoms with Crippen LogP contribution in [0.15, 0.2) is 54.6 Å². The van der Waals surface area contributed by atoms with Crippen molar-refractivity contribution in [3.63, 3.8) is 0 Å². The van der Waals surface area contributed by atoms with E-state index >= 15 is 0 Å². The van der Waals surface area contributed by atoms with Crippen LogP contribution >= 0.6 is 0 Å². The molecular formula is C20H19N. The Balaban J connectivity index is 2.00. The average Bonchev–Trinajstić information content (AvgIpc) is 2.85. The molecule has 0 aromatic heterocycles. The van der Waals surface area contributed by atoms with Gasteiger partial charge in [0.1, 0.15) is 0 Å². The van der Waals surface area contributed by atoms with Crippen molar-refractivity contribution in [2.75, 3.05) is 14.1 Å². The highest BCUT2D eigenvalue weighted by Gasteiger charge is 2.21. The smallest absolute Gasteiger partial charge is 0.0233 e. The fourth-order valence-corrected chi connectivity index (χ4v) is 3.57. The Hall–Kier alpha value is -2.12. The van der Waals surface area contributed by atoms with Crippen molar-refractivity contribution in [3.8, 4) is 11.1 Å². The van der Waals surface area contributed by atoms with Gasteiger partial charge in [-0.3, -0.25) is 0 Å². The van der Waals surface area contributed by atoms with Crippen molar-refractivity contribution in [2.45, 2.75) is 13.0 Å². The van der Waals surface area contributed by atoms with E-state index < -0.39 is 0 Å². The molecule has 1 aliphatic carbocycles. The summed E-state index contributed by atoms with van der Waals surface area (Å²) in [7, 11) is 4.27. The number of nitrogens with zero attached hydrogens (tertiary/aromatic N) is 1. The van der Waals surface area contributed by atoms with Crippen molar-refractivity contribution in [3.05, 3.63) is 71.3 Å². The quantitative estimate of drug-likeness (QED) is 0.521. The molecule has 0 bridgehead atoms. The Morgan fingerprint density at radius 2 is 1.71 bits per heavy atom. The largest absolute Gasteiger partial charge is 0.305 e. The van der Waals surface area contributed by atoms with E-state index in [0.29, 0.717) is 0 Å². The van der Waals surface area contributed by atoms with Gasteiger partial charge in [0.2, 0.25) is 0 Å². The summed E-state index contributed by atoms with van der Waals surface area (Å²) in [5.41, 5.74) is 7.23. The minimum atomic E-state index is 0.990. The summed E-state index contributed by atoms with van der Waals surface area (Å²) in [6.07, 6.45) is 1.06. The third-order valence-corrected chi connectivity index (χ3v) is 4.40. The molecule has 0 amide bonds. The van der Waals surface area contributed by atoms with Crippen molar-refractivity contribution in [2.24, 2.45) is 0 Å². The van der Waals surface area contributed by atoms with E-state index in [0.717, 1.165) is 13.0 Å². The van der Waals surface area contributed by atoms with Crippen molar-refractivity contribution < 1.29 is 0 Å². The molecule has 0 unspecified atom stereocenters. The molecule has 104 valence electrons. The Morgan fingerprint density at radius 3 is 2.57 bits per heavy atom. The zero-order valence-corrected chi connectivity index (χ0v) is 12.6. The van der Waals surface area contributed by atoms with Gasteiger partial charge in [-0.1, -0.05) is 54.6 Å². The van der Waals surface area contributed by atoms with Crippen LogP contribution in [0.4, 0.5) is 0 Å². The molecule has 1 nitrogen and oxygen atoms in total. The molecule has 0 fully saturated rings. The fourth-order valence-electron chi connectivity index (χ4n) is 3.57. The molecule has 0 heterocycles. The number of benzene rings is 3. The lowest BCUT2D eigenvalue weighted by Gasteiger charge is -2.15. The number of rotatable bonds is 2. The molecule has 21 heavy (non-hydrogen) atoms. The van der Waals surface area contributed by atoms with Crippen LogP contribution in [-0.2, 0) is 13.0 Å². The zero-order valence-electron chi connectivity index (χ0n) is 12.6. The first-order valence-electron chi connectivity index (χ1n) is 7.50. The third-order valence-electron chi connectivity index (χ3n) is 4.40. The van der Waals surface area contributed by atoms with Gasteiger partial charge in [0.25, 0.3) is 0 Å². The van der Waals surface area contributed by atoms with Crippen LogP contribution in [0.2, 0.25) is 0 Å². The summed E-state index contributed by atoms with van der Waals surface area (Å²) < 4.78 is 0. The van der Waals surface area contributed by atoms with Crippen LogP contribution in [0.5, 0.6) is 0 Å². The predicted molar refractivity (Wildman–Crippen MR) is 89.6 cm³/mol. The molecule has 3 aromatic carbocycles. The Labute approximate surface area is 125 Å². The van der Waals surface area contributed by atoms with Gasteiger partial charge in [-0.05, 0) is 59.1 Å². The molecular weight excluding hydrogens is 254 g/mol. The van der Waals surface area contributed by atoms with E-state index in [2.05, 4.69) is 73.6 Å². The van der Waals surface area contributed by atoms with Gasteiger partial charge in [-0.25, -0.2) is 0 Å². The van der Waals surface area contributed by atoms with E-state index in [1.807, 2.05) is 0 Å². The van der Waals surface area contributed by atoms with E-state index in [9.17, 15) is 0 Å². The van der Waals surface area contributed by atoms with Gasteiger partial charge in [-0.2, -0.15) is 0 Å². The fraction of sp³-hybridized carbons (Fsp3) is 0.200. The average molecular weight is 273 g/mol. The maximum Gasteiger partial charge on any atom is 0.0233 e. The molecule has 4 rings (SSSR count). The number of hydrogen-bond donors (Lipinski definition) is 0. The van der Waals surface area contributed by atoms with Crippen molar-refractivity contribution >= 4 is 10.8 Å². The van der Waals surface area contributed by atoms with Crippen LogP contribution in [0.25, 0.3) is 21.9 Å². The van der Waals surface area contributed by atoms with Gasteiger partial charge in [0.15, 0.2) is 0 Å². The molecule has 0 aliphatic heterocycles. The lowest BCUT2D eigenvalue weighted by molar-refractivity contribution is 0.404. The summed E-state index contributed by atoms with van der Waals surface area (Å²) in [6, 6.07) is 20.0. The summed E-state index contributed by atoms with van der Waals surface area (Å²) >= 11 is 0. The maximum absolute atomic E-state index is 2.29. The first-order valence-corrected chi connectivity index (χ1v) is 7.50. The van der Waals surface area contributed by atoms with Gasteiger partial charge in [0.05, 0.1) is 0 Å². The molecule has 0 saturated heterocycles. The Bertz CT molecular complexity index is 830. The zero-order chi connectivity index (χ0) is 14.4. The maximum atomic E-state index is 2.29. The van der Waals surface area contributed by atoms with Crippen LogP contribution in [0, 0.1) is 0 Å². The molecule has 0 saturated carbocycles. The monoisotopic (exact) mass is 273 g/mol. The van der Waals surface area contributed by atoms with Gasteiger partial charge >= 0.3 is 0 Å². The molecule has 3 aromatic rings. The van der Waals surface area contributed by atoms with E-state index in [1.165, 1.54) is 38.6 Å². The normalized spacial score (nSPS) is 12.7. The third kappa shape index (κ3) is 1.97. The number of fused-ring (bicyclic) bond motifs is 5. The highest BCUT2D eigenvalue weighted by molar-refractivity contribution is 5.97. The highest BCUT2D eigenvalue weighted by atomic mass is 15.0. The summed E-state index contributed by atoms with van der Waals surface area (Å²) in [5.74, 6) is 0. The van der Waals surface area contributed by atoms with E-state index in [1.54, 1.807) is 0 Å². The van der Waals surface area contributed by atoms with E-state index in [4.69, 9.17) is 0 Å². The minimum absolute atomic E-state index is 0.990. The molecule has 0 N–H and O–H groups in total. The lowest BCUT2D eigenvalue weighted by atomic mass is 9.95. The summed E-state index contributed by atoms with van der Waals surface area (Å²) in [4.78, 5) is 2.25. The molecule has 0 atom stereocenters.